The predicted molar refractivity (Wildman–Crippen MR) is 158 cm³/mol. The van der Waals surface area contributed by atoms with Crippen LogP contribution in [0.5, 0.6) is 0 Å². The lowest BCUT2D eigenvalue weighted by atomic mass is 9.86. The molecular formula is C32H36ClN3O4. The summed E-state index contributed by atoms with van der Waals surface area (Å²) in [5.41, 5.74) is 2.94. The summed E-state index contributed by atoms with van der Waals surface area (Å²) >= 11 is 6.21. The summed E-state index contributed by atoms with van der Waals surface area (Å²) in [6, 6.07) is 16.8. The average Bonchev–Trinajstić information content (AvgIpc) is 3.40. The minimum Gasteiger partial charge on any atom is -0.444 e. The second kappa shape index (κ2) is 13.0. The van der Waals surface area contributed by atoms with Gasteiger partial charge >= 0.3 is 6.09 Å². The maximum absolute atomic E-state index is 13.6. The fourth-order valence-electron chi connectivity index (χ4n) is 4.45. The summed E-state index contributed by atoms with van der Waals surface area (Å²) in [5, 5.41) is 6.57. The van der Waals surface area contributed by atoms with Crippen molar-refractivity contribution < 1.29 is 18.7 Å². The van der Waals surface area contributed by atoms with Gasteiger partial charge in [-0.25, -0.2) is 9.78 Å². The monoisotopic (exact) mass is 561 g/mol. The van der Waals surface area contributed by atoms with Crippen molar-refractivity contribution in [3.8, 4) is 11.3 Å². The Balaban J connectivity index is 1.50. The third-order valence-electron chi connectivity index (χ3n) is 6.48. The molecule has 1 unspecified atom stereocenters. The van der Waals surface area contributed by atoms with E-state index in [-0.39, 0.29) is 11.8 Å². The van der Waals surface area contributed by atoms with Crippen molar-refractivity contribution in [2.24, 2.45) is 5.92 Å². The van der Waals surface area contributed by atoms with E-state index < -0.39 is 17.7 Å². The molecule has 2 aromatic carbocycles. The number of nitrogens with zero attached hydrogens (tertiary/aromatic N) is 1. The van der Waals surface area contributed by atoms with Crippen molar-refractivity contribution in [2.75, 3.05) is 6.54 Å². The number of hydrogen-bond donors (Lipinski definition) is 2. The Morgan fingerprint density at radius 1 is 1.12 bits per heavy atom. The van der Waals surface area contributed by atoms with E-state index in [0.29, 0.717) is 41.6 Å². The summed E-state index contributed by atoms with van der Waals surface area (Å²) in [6.45, 7) is 7.88. The van der Waals surface area contributed by atoms with Crippen LogP contribution in [0.1, 0.15) is 64.5 Å². The third kappa shape index (κ3) is 8.09. The number of hydrogen-bond acceptors (Lipinski definition) is 5. The van der Waals surface area contributed by atoms with Crippen LogP contribution in [0.3, 0.4) is 0 Å². The SMILES string of the molecule is CC1CC=C(c2cccc(Cl)c2)C=C1C(=O)N[C@@H](CCCNC(=O)OC(C)(C)C)c1ncc(-c2ccccc2)o1. The van der Waals surface area contributed by atoms with Crippen molar-refractivity contribution in [1.29, 1.82) is 0 Å². The van der Waals surface area contributed by atoms with Crippen LogP contribution in [0.15, 0.2) is 82.9 Å². The number of ether oxygens (including phenoxy) is 1. The molecule has 0 spiro atoms. The van der Waals surface area contributed by atoms with Crippen molar-refractivity contribution in [3.05, 3.63) is 95.0 Å². The number of aromatic nitrogens is 1. The highest BCUT2D eigenvalue weighted by atomic mass is 35.5. The zero-order valence-corrected chi connectivity index (χ0v) is 24.1. The maximum atomic E-state index is 13.6. The highest BCUT2D eigenvalue weighted by molar-refractivity contribution is 6.30. The molecule has 0 saturated carbocycles. The van der Waals surface area contributed by atoms with E-state index in [2.05, 4.69) is 21.7 Å². The lowest BCUT2D eigenvalue weighted by molar-refractivity contribution is -0.119. The molecule has 2 atom stereocenters. The molecule has 3 aromatic rings. The van der Waals surface area contributed by atoms with E-state index in [1.807, 2.05) is 88.4 Å². The third-order valence-corrected chi connectivity index (χ3v) is 6.71. The molecular weight excluding hydrogens is 526 g/mol. The van der Waals surface area contributed by atoms with Gasteiger partial charge in [0.05, 0.1) is 6.20 Å². The minimum atomic E-state index is -0.574. The number of carbonyl (C=O) groups excluding carboxylic acids is 2. The fraction of sp³-hybridized carbons (Fsp3) is 0.344. The van der Waals surface area contributed by atoms with E-state index in [0.717, 1.165) is 23.1 Å². The number of allylic oxidation sites excluding steroid dienone is 3. The van der Waals surface area contributed by atoms with Crippen molar-refractivity contribution in [2.45, 2.75) is 58.6 Å². The van der Waals surface area contributed by atoms with Crippen LogP contribution >= 0.6 is 11.6 Å². The van der Waals surface area contributed by atoms with Gasteiger partial charge in [-0.1, -0.05) is 67.1 Å². The summed E-state index contributed by atoms with van der Waals surface area (Å²) in [6.07, 6.45) is 7.09. The summed E-state index contributed by atoms with van der Waals surface area (Å²) < 4.78 is 11.4. The second-order valence-electron chi connectivity index (χ2n) is 10.9. The zero-order chi connectivity index (χ0) is 28.7. The molecule has 0 bridgehead atoms. The topological polar surface area (TPSA) is 93.5 Å². The second-order valence-corrected chi connectivity index (χ2v) is 11.4. The van der Waals surface area contributed by atoms with Crippen molar-refractivity contribution in [3.63, 3.8) is 0 Å². The van der Waals surface area contributed by atoms with Crippen molar-refractivity contribution in [1.82, 2.24) is 15.6 Å². The van der Waals surface area contributed by atoms with Gasteiger partial charge in [-0.2, -0.15) is 0 Å². The van der Waals surface area contributed by atoms with E-state index in [9.17, 15) is 9.59 Å². The van der Waals surface area contributed by atoms with Crippen LogP contribution in [0.4, 0.5) is 4.79 Å². The summed E-state index contributed by atoms with van der Waals surface area (Å²) in [5.74, 6) is 0.906. The number of amides is 2. The zero-order valence-electron chi connectivity index (χ0n) is 23.4. The first-order valence-electron chi connectivity index (χ1n) is 13.6. The van der Waals surface area contributed by atoms with Crippen molar-refractivity contribution >= 4 is 29.2 Å². The van der Waals surface area contributed by atoms with Crippen LogP contribution in [-0.4, -0.2) is 29.1 Å². The molecule has 2 amide bonds. The lowest BCUT2D eigenvalue weighted by Crippen LogP contribution is -2.34. The average molecular weight is 562 g/mol. The Kier molecular flexibility index (Phi) is 9.48. The van der Waals surface area contributed by atoms with Crippen LogP contribution in [0, 0.1) is 5.92 Å². The molecule has 8 heteroatoms. The normalized spacial score (nSPS) is 16.0. The molecule has 1 heterocycles. The first-order valence-corrected chi connectivity index (χ1v) is 13.9. The van der Waals surface area contributed by atoms with E-state index in [1.54, 1.807) is 6.20 Å². The molecule has 4 rings (SSSR count). The Morgan fingerprint density at radius 3 is 2.60 bits per heavy atom. The summed E-state index contributed by atoms with van der Waals surface area (Å²) in [7, 11) is 0. The van der Waals surface area contributed by atoms with Gasteiger partial charge in [0.25, 0.3) is 0 Å². The molecule has 0 aliphatic heterocycles. The van der Waals surface area contributed by atoms with E-state index in [4.69, 9.17) is 20.8 Å². The molecule has 0 saturated heterocycles. The van der Waals surface area contributed by atoms with Crippen LogP contribution in [0.25, 0.3) is 16.9 Å². The summed E-state index contributed by atoms with van der Waals surface area (Å²) in [4.78, 5) is 30.2. The Hall–Kier alpha value is -3.84. The number of alkyl carbamates (subject to hydrolysis) is 1. The fourth-order valence-corrected chi connectivity index (χ4v) is 4.64. The number of benzene rings is 2. The minimum absolute atomic E-state index is 0.0434. The van der Waals surface area contributed by atoms with E-state index in [1.165, 1.54) is 0 Å². The first-order chi connectivity index (χ1) is 19.1. The molecule has 210 valence electrons. The Morgan fingerprint density at radius 2 is 1.88 bits per heavy atom. The molecule has 1 aliphatic rings. The lowest BCUT2D eigenvalue weighted by Gasteiger charge is -2.23. The quantitative estimate of drug-likeness (QED) is 0.264. The molecule has 7 nitrogen and oxygen atoms in total. The molecule has 1 aromatic heterocycles. The van der Waals surface area contributed by atoms with Crippen LogP contribution < -0.4 is 10.6 Å². The number of nitrogens with one attached hydrogen (secondary N) is 2. The van der Waals surface area contributed by atoms with Crippen LogP contribution in [-0.2, 0) is 9.53 Å². The maximum Gasteiger partial charge on any atom is 0.407 e. The highest BCUT2D eigenvalue weighted by Gasteiger charge is 2.26. The Labute approximate surface area is 240 Å². The molecule has 40 heavy (non-hydrogen) atoms. The Bertz CT molecular complexity index is 1390. The van der Waals surface area contributed by atoms with E-state index >= 15 is 0 Å². The standard InChI is InChI=1S/C32H36ClN3O4/c1-21-15-16-24(23-12-8-13-25(33)18-23)19-26(21)29(37)36-27(14-9-17-34-31(38)40-32(2,3)4)30-35-20-28(39-30)22-10-6-5-7-11-22/h5-8,10-13,16,18-21,27H,9,14-15,17H2,1-4H3,(H,34,38)(H,36,37)/t21?,27-/m0/s1. The smallest absolute Gasteiger partial charge is 0.407 e. The van der Waals surface area contributed by atoms with Gasteiger partial charge in [0.15, 0.2) is 5.76 Å². The first kappa shape index (κ1) is 29.2. The molecule has 2 N–H and O–H groups in total. The number of halogens is 1. The van der Waals surface area contributed by atoms with Gasteiger partial charge in [0.2, 0.25) is 11.8 Å². The number of oxazole rings is 1. The van der Waals surface area contributed by atoms with Gasteiger partial charge in [-0.05, 0) is 75.3 Å². The number of carbonyl (C=O) groups is 2. The molecule has 0 fully saturated rings. The van der Waals surface area contributed by atoms with Gasteiger partial charge in [-0.3, -0.25) is 4.79 Å². The highest BCUT2D eigenvalue weighted by Crippen LogP contribution is 2.32. The number of rotatable bonds is 9. The largest absolute Gasteiger partial charge is 0.444 e. The molecule has 0 radical (unpaired) electrons. The van der Waals surface area contributed by atoms with Gasteiger partial charge < -0.3 is 19.8 Å². The predicted octanol–water partition coefficient (Wildman–Crippen LogP) is 7.51. The van der Waals surface area contributed by atoms with Gasteiger partial charge in [0.1, 0.15) is 11.6 Å². The van der Waals surface area contributed by atoms with Crippen LogP contribution in [0.2, 0.25) is 5.02 Å². The molecule has 1 aliphatic carbocycles. The van der Waals surface area contributed by atoms with Gasteiger partial charge in [0, 0.05) is 22.7 Å². The van der Waals surface area contributed by atoms with Gasteiger partial charge in [-0.15, -0.1) is 0 Å².